The first-order valence-corrected chi connectivity index (χ1v) is 6.60. The molecule has 4 nitrogen and oxygen atoms in total. The second kappa shape index (κ2) is 5.14. The summed E-state index contributed by atoms with van der Waals surface area (Å²) in [4.78, 5) is 14.4. The number of piperidine rings is 1. The normalized spacial score (nSPS) is 17.2. The minimum absolute atomic E-state index is 0.109. The lowest BCUT2D eigenvalue weighted by molar-refractivity contribution is 0.0691. The van der Waals surface area contributed by atoms with E-state index >= 15 is 0 Å². The molecule has 1 aliphatic heterocycles. The van der Waals surface area contributed by atoms with Crippen molar-refractivity contribution in [2.75, 3.05) is 19.6 Å². The van der Waals surface area contributed by atoms with Gasteiger partial charge in [0, 0.05) is 18.7 Å². The van der Waals surface area contributed by atoms with E-state index in [0.29, 0.717) is 5.92 Å². The summed E-state index contributed by atoms with van der Waals surface area (Å²) in [6.07, 6.45) is 2.02. The van der Waals surface area contributed by atoms with Gasteiger partial charge in [-0.05, 0) is 46.1 Å². The van der Waals surface area contributed by atoms with Crippen molar-refractivity contribution in [2.45, 2.75) is 33.6 Å². The molecule has 1 aromatic rings. The maximum Gasteiger partial charge on any atom is 0.257 e. The summed E-state index contributed by atoms with van der Waals surface area (Å²) in [5.41, 5.74) is 7.39. The molecule has 0 saturated carbocycles. The van der Waals surface area contributed by atoms with Gasteiger partial charge in [0.2, 0.25) is 0 Å². The maximum atomic E-state index is 12.5. The molecular formula is C14H22N2O2. The molecule has 100 valence electrons. The molecule has 1 aromatic heterocycles. The Morgan fingerprint density at radius 1 is 1.28 bits per heavy atom. The van der Waals surface area contributed by atoms with Crippen LogP contribution in [-0.4, -0.2) is 30.4 Å². The van der Waals surface area contributed by atoms with Gasteiger partial charge in [-0.1, -0.05) is 0 Å². The standard InChI is InChI=1S/C14H22N2O2/c1-9-10(2)18-11(3)13(9)14(17)16-6-4-12(8-15)5-7-16/h12H,4-8,15H2,1-3H3. The number of carbonyl (C=O) groups excluding carboxylic acids is 1. The largest absolute Gasteiger partial charge is 0.466 e. The minimum Gasteiger partial charge on any atom is -0.466 e. The molecule has 18 heavy (non-hydrogen) atoms. The van der Waals surface area contributed by atoms with Gasteiger partial charge in [0.1, 0.15) is 11.5 Å². The predicted molar refractivity (Wildman–Crippen MR) is 70.6 cm³/mol. The lowest BCUT2D eigenvalue weighted by Gasteiger charge is -2.31. The van der Waals surface area contributed by atoms with Crippen molar-refractivity contribution in [3.05, 3.63) is 22.6 Å². The number of nitrogens with zero attached hydrogens (tertiary/aromatic N) is 1. The lowest BCUT2D eigenvalue weighted by atomic mass is 9.96. The van der Waals surface area contributed by atoms with E-state index in [1.807, 2.05) is 25.7 Å². The first-order chi connectivity index (χ1) is 8.54. The molecule has 1 aliphatic rings. The zero-order valence-electron chi connectivity index (χ0n) is 11.5. The molecule has 1 amide bonds. The van der Waals surface area contributed by atoms with Crippen LogP contribution in [0.1, 0.15) is 40.3 Å². The second-order valence-electron chi connectivity index (χ2n) is 5.19. The van der Waals surface area contributed by atoms with Crippen molar-refractivity contribution >= 4 is 5.91 Å². The Morgan fingerprint density at radius 2 is 1.89 bits per heavy atom. The Balaban J connectivity index is 2.13. The summed E-state index contributed by atoms with van der Waals surface area (Å²) in [7, 11) is 0. The molecule has 0 atom stereocenters. The molecule has 2 heterocycles. The summed E-state index contributed by atoms with van der Waals surface area (Å²) in [5.74, 6) is 2.25. The zero-order valence-corrected chi connectivity index (χ0v) is 11.5. The first-order valence-electron chi connectivity index (χ1n) is 6.60. The van der Waals surface area contributed by atoms with Crippen LogP contribution in [0.15, 0.2) is 4.42 Å². The van der Waals surface area contributed by atoms with E-state index in [9.17, 15) is 4.79 Å². The van der Waals surface area contributed by atoms with Gasteiger partial charge in [0.15, 0.2) is 0 Å². The van der Waals surface area contributed by atoms with Gasteiger partial charge in [-0.3, -0.25) is 4.79 Å². The highest BCUT2D eigenvalue weighted by Crippen LogP contribution is 2.24. The third kappa shape index (κ3) is 2.29. The zero-order chi connectivity index (χ0) is 13.3. The Bertz CT molecular complexity index is 443. The highest BCUT2D eigenvalue weighted by molar-refractivity contribution is 5.96. The van der Waals surface area contributed by atoms with Crippen LogP contribution in [0, 0.1) is 26.7 Å². The van der Waals surface area contributed by atoms with Crippen LogP contribution in [-0.2, 0) is 0 Å². The van der Waals surface area contributed by atoms with Crippen LogP contribution in [0.2, 0.25) is 0 Å². The number of hydrogen-bond acceptors (Lipinski definition) is 3. The van der Waals surface area contributed by atoms with E-state index in [4.69, 9.17) is 10.2 Å². The van der Waals surface area contributed by atoms with Crippen molar-refractivity contribution in [3.8, 4) is 0 Å². The molecule has 1 saturated heterocycles. The smallest absolute Gasteiger partial charge is 0.257 e. The minimum atomic E-state index is 0.109. The van der Waals surface area contributed by atoms with E-state index in [1.54, 1.807) is 0 Å². The number of carbonyl (C=O) groups is 1. The second-order valence-corrected chi connectivity index (χ2v) is 5.19. The molecule has 0 spiro atoms. The summed E-state index contributed by atoms with van der Waals surface area (Å²) >= 11 is 0. The van der Waals surface area contributed by atoms with E-state index in [1.165, 1.54) is 0 Å². The van der Waals surface area contributed by atoms with Crippen molar-refractivity contribution in [3.63, 3.8) is 0 Å². The van der Waals surface area contributed by atoms with Gasteiger partial charge in [-0.15, -0.1) is 0 Å². The van der Waals surface area contributed by atoms with Crippen LogP contribution < -0.4 is 5.73 Å². The third-order valence-electron chi connectivity index (χ3n) is 4.01. The lowest BCUT2D eigenvalue weighted by Crippen LogP contribution is -2.40. The van der Waals surface area contributed by atoms with E-state index in [0.717, 1.165) is 55.1 Å². The van der Waals surface area contributed by atoms with Crippen molar-refractivity contribution in [1.82, 2.24) is 4.90 Å². The topological polar surface area (TPSA) is 59.5 Å². The fraction of sp³-hybridized carbons (Fsp3) is 0.643. The summed E-state index contributed by atoms with van der Waals surface area (Å²) in [5, 5.41) is 0. The third-order valence-corrected chi connectivity index (χ3v) is 4.01. The SMILES string of the molecule is Cc1oc(C)c(C(=O)N2CCC(CN)CC2)c1C. The molecule has 0 aliphatic carbocycles. The summed E-state index contributed by atoms with van der Waals surface area (Å²) in [6, 6.07) is 0. The summed E-state index contributed by atoms with van der Waals surface area (Å²) < 4.78 is 5.53. The van der Waals surface area contributed by atoms with Gasteiger partial charge < -0.3 is 15.1 Å². The molecule has 0 unspecified atom stereocenters. The molecule has 4 heteroatoms. The number of likely N-dealkylation sites (tertiary alicyclic amines) is 1. The quantitative estimate of drug-likeness (QED) is 0.873. The Morgan fingerprint density at radius 3 is 2.33 bits per heavy atom. The van der Waals surface area contributed by atoms with E-state index < -0.39 is 0 Å². The van der Waals surface area contributed by atoms with Crippen molar-refractivity contribution in [2.24, 2.45) is 11.7 Å². The van der Waals surface area contributed by atoms with Gasteiger partial charge >= 0.3 is 0 Å². The van der Waals surface area contributed by atoms with Crippen LogP contribution in [0.3, 0.4) is 0 Å². The Kier molecular flexibility index (Phi) is 3.76. The predicted octanol–water partition coefficient (Wildman–Crippen LogP) is 2.02. The Hall–Kier alpha value is -1.29. The van der Waals surface area contributed by atoms with Crippen LogP contribution in [0.5, 0.6) is 0 Å². The molecule has 0 bridgehead atoms. The molecule has 1 fully saturated rings. The van der Waals surface area contributed by atoms with Crippen LogP contribution >= 0.6 is 0 Å². The molecular weight excluding hydrogens is 228 g/mol. The monoisotopic (exact) mass is 250 g/mol. The number of amides is 1. The number of nitrogens with two attached hydrogens (primary N) is 1. The average Bonchev–Trinajstić information content (AvgIpc) is 2.63. The molecule has 2 rings (SSSR count). The van der Waals surface area contributed by atoms with E-state index in [2.05, 4.69) is 0 Å². The number of aryl methyl sites for hydroxylation is 2. The van der Waals surface area contributed by atoms with Gasteiger partial charge in [-0.2, -0.15) is 0 Å². The summed E-state index contributed by atoms with van der Waals surface area (Å²) in [6.45, 7) is 8.06. The average molecular weight is 250 g/mol. The fourth-order valence-corrected chi connectivity index (χ4v) is 2.64. The van der Waals surface area contributed by atoms with Crippen LogP contribution in [0.4, 0.5) is 0 Å². The van der Waals surface area contributed by atoms with Gasteiger partial charge in [0.05, 0.1) is 5.56 Å². The highest BCUT2D eigenvalue weighted by atomic mass is 16.3. The highest BCUT2D eigenvalue weighted by Gasteiger charge is 2.27. The fourth-order valence-electron chi connectivity index (χ4n) is 2.64. The van der Waals surface area contributed by atoms with Crippen molar-refractivity contribution in [1.29, 1.82) is 0 Å². The maximum absolute atomic E-state index is 12.5. The molecule has 0 radical (unpaired) electrons. The van der Waals surface area contributed by atoms with Crippen LogP contribution in [0.25, 0.3) is 0 Å². The molecule has 0 aromatic carbocycles. The van der Waals surface area contributed by atoms with Gasteiger partial charge in [0.25, 0.3) is 5.91 Å². The number of rotatable bonds is 2. The number of furan rings is 1. The van der Waals surface area contributed by atoms with Crippen molar-refractivity contribution < 1.29 is 9.21 Å². The molecule has 2 N–H and O–H groups in total. The first kappa shape index (κ1) is 13.1. The number of hydrogen-bond donors (Lipinski definition) is 1. The Labute approximate surface area is 108 Å². The van der Waals surface area contributed by atoms with E-state index in [-0.39, 0.29) is 5.91 Å². The van der Waals surface area contributed by atoms with Gasteiger partial charge in [-0.25, -0.2) is 0 Å².